The van der Waals surface area contributed by atoms with Crippen LogP contribution in [0.5, 0.6) is 11.5 Å². The standard InChI is InChI=1S/C19H26O3/c1-21-17-10-9-15(19(14-20)11-5-2-6-12-19)13-18(17)22-16-7-3-4-8-16/h9-10,13-14,16H,2-8,11-12H2,1H3. The van der Waals surface area contributed by atoms with Gasteiger partial charge in [0.2, 0.25) is 0 Å². The first-order valence-electron chi connectivity index (χ1n) is 8.59. The Bertz CT molecular complexity index is 511. The molecule has 0 saturated heterocycles. The van der Waals surface area contributed by atoms with E-state index in [1.807, 2.05) is 12.1 Å². The number of aldehydes is 1. The Labute approximate surface area is 133 Å². The van der Waals surface area contributed by atoms with Crippen molar-refractivity contribution < 1.29 is 14.3 Å². The van der Waals surface area contributed by atoms with Gasteiger partial charge in [0.15, 0.2) is 11.5 Å². The summed E-state index contributed by atoms with van der Waals surface area (Å²) >= 11 is 0. The molecule has 0 N–H and O–H groups in total. The van der Waals surface area contributed by atoms with Gasteiger partial charge in [-0.1, -0.05) is 25.3 Å². The molecule has 3 nitrogen and oxygen atoms in total. The van der Waals surface area contributed by atoms with Gasteiger partial charge in [-0.3, -0.25) is 0 Å². The second kappa shape index (κ2) is 6.72. The molecule has 0 atom stereocenters. The molecule has 0 bridgehead atoms. The molecule has 0 aromatic heterocycles. The minimum Gasteiger partial charge on any atom is -0.493 e. The van der Waals surface area contributed by atoms with E-state index < -0.39 is 0 Å². The normalized spacial score (nSPS) is 21.5. The summed E-state index contributed by atoms with van der Waals surface area (Å²) in [5.74, 6) is 1.58. The van der Waals surface area contributed by atoms with Crippen molar-refractivity contribution >= 4 is 6.29 Å². The van der Waals surface area contributed by atoms with E-state index >= 15 is 0 Å². The largest absolute Gasteiger partial charge is 0.493 e. The highest BCUT2D eigenvalue weighted by Gasteiger charge is 2.34. The van der Waals surface area contributed by atoms with E-state index in [0.29, 0.717) is 6.10 Å². The minimum atomic E-state index is -0.321. The fraction of sp³-hybridized carbons (Fsp3) is 0.632. The molecule has 0 aliphatic heterocycles. The second-order valence-electron chi connectivity index (χ2n) is 6.72. The zero-order valence-electron chi connectivity index (χ0n) is 13.5. The van der Waals surface area contributed by atoms with E-state index in [9.17, 15) is 4.79 Å². The van der Waals surface area contributed by atoms with Crippen molar-refractivity contribution in [2.24, 2.45) is 0 Å². The van der Waals surface area contributed by atoms with Crippen molar-refractivity contribution in [1.82, 2.24) is 0 Å². The van der Waals surface area contributed by atoms with Gasteiger partial charge in [0.25, 0.3) is 0 Å². The molecule has 1 aromatic rings. The zero-order chi connectivity index (χ0) is 15.4. The van der Waals surface area contributed by atoms with Gasteiger partial charge in [0.05, 0.1) is 18.6 Å². The van der Waals surface area contributed by atoms with Crippen molar-refractivity contribution in [1.29, 1.82) is 0 Å². The molecular formula is C19H26O3. The minimum absolute atomic E-state index is 0.294. The Balaban J connectivity index is 1.89. The monoisotopic (exact) mass is 302 g/mol. The number of carbonyl (C=O) groups is 1. The van der Waals surface area contributed by atoms with Crippen molar-refractivity contribution in [2.45, 2.75) is 69.3 Å². The third kappa shape index (κ3) is 2.99. The van der Waals surface area contributed by atoms with E-state index in [2.05, 4.69) is 6.07 Å². The van der Waals surface area contributed by atoms with E-state index in [0.717, 1.165) is 61.9 Å². The van der Waals surface area contributed by atoms with Gasteiger partial charge in [-0.05, 0) is 56.2 Å². The van der Waals surface area contributed by atoms with Gasteiger partial charge in [-0.2, -0.15) is 0 Å². The molecule has 0 radical (unpaired) electrons. The van der Waals surface area contributed by atoms with Gasteiger partial charge in [-0.25, -0.2) is 0 Å². The lowest BCUT2D eigenvalue weighted by atomic mass is 9.70. The van der Waals surface area contributed by atoms with Crippen LogP contribution in [-0.2, 0) is 10.2 Å². The van der Waals surface area contributed by atoms with Crippen LogP contribution < -0.4 is 9.47 Å². The van der Waals surface area contributed by atoms with E-state index in [-0.39, 0.29) is 5.41 Å². The van der Waals surface area contributed by atoms with Gasteiger partial charge in [0, 0.05) is 0 Å². The highest BCUT2D eigenvalue weighted by molar-refractivity contribution is 5.69. The molecule has 2 aliphatic rings. The lowest BCUT2D eigenvalue weighted by Crippen LogP contribution is -2.30. The molecule has 22 heavy (non-hydrogen) atoms. The summed E-state index contributed by atoms with van der Waals surface area (Å²) in [6.45, 7) is 0. The van der Waals surface area contributed by atoms with Crippen LogP contribution in [0.4, 0.5) is 0 Å². The summed E-state index contributed by atoms with van der Waals surface area (Å²) < 4.78 is 11.6. The first-order valence-corrected chi connectivity index (χ1v) is 8.59. The molecule has 2 fully saturated rings. The van der Waals surface area contributed by atoms with Crippen molar-refractivity contribution in [3.63, 3.8) is 0 Å². The molecule has 0 spiro atoms. The Morgan fingerprint density at radius 3 is 2.41 bits per heavy atom. The van der Waals surface area contributed by atoms with E-state index in [4.69, 9.17) is 9.47 Å². The van der Waals surface area contributed by atoms with Crippen LogP contribution in [-0.4, -0.2) is 19.5 Å². The summed E-state index contributed by atoms with van der Waals surface area (Å²) in [7, 11) is 1.67. The Morgan fingerprint density at radius 1 is 1.05 bits per heavy atom. The molecule has 120 valence electrons. The van der Waals surface area contributed by atoms with Crippen molar-refractivity contribution in [3.05, 3.63) is 23.8 Å². The molecule has 0 unspecified atom stereocenters. The molecule has 0 heterocycles. The SMILES string of the molecule is COc1ccc(C2(C=O)CCCCC2)cc1OC1CCCC1. The van der Waals surface area contributed by atoms with Crippen LogP contribution in [0.15, 0.2) is 18.2 Å². The van der Waals surface area contributed by atoms with Crippen LogP contribution in [0.1, 0.15) is 63.4 Å². The highest BCUT2D eigenvalue weighted by Crippen LogP contribution is 2.41. The predicted molar refractivity (Wildman–Crippen MR) is 86.7 cm³/mol. The maximum atomic E-state index is 11.8. The summed E-state index contributed by atoms with van der Waals surface area (Å²) in [6, 6.07) is 6.05. The molecule has 0 amide bonds. The number of hydrogen-bond donors (Lipinski definition) is 0. The number of rotatable bonds is 5. The van der Waals surface area contributed by atoms with Crippen molar-refractivity contribution in [2.75, 3.05) is 7.11 Å². The fourth-order valence-electron chi connectivity index (χ4n) is 3.92. The smallest absolute Gasteiger partial charge is 0.161 e. The van der Waals surface area contributed by atoms with E-state index in [1.54, 1.807) is 7.11 Å². The van der Waals surface area contributed by atoms with Gasteiger partial charge < -0.3 is 14.3 Å². The number of ether oxygens (including phenoxy) is 2. The van der Waals surface area contributed by atoms with Crippen LogP contribution >= 0.6 is 0 Å². The third-order valence-electron chi connectivity index (χ3n) is 5.31. The Kier molecular flexibility index (Phi) is 4.70. The fourth-order valence-corrected chi connectivity index (χ4v) is 3.92. The summed E-state index contributed by atoms with van der Waals surface area (Å²) in [5, 5.41) is 0. The molecular weight excluding hydrogens is 276 g/mol. The predicted octanol–water partition coefficient (Wildman–Crippen LogP) is 4.42. The molecule has 3 heteroatoms. The average Bonchev–Trinajstić information content (AvgIpc) is 3.08. The van der Waals surface area contributed by atoms with E-state index in [1.165, 1.54) is 19.3 Å². The lowest BCUT2D eigenvalue weighted by molar-refractivity contribution is -0.113. The third-order valence-corrected chi connectivity index (χ3v) is 5.31. The number of benzene rings is 1. The number of hydrogen-bond acceptors (Lipinski definition) is 3. The first-order chi connectivity index (χ1) is 10.8. The van der Waals surface area contributed by atoms with Gasteiger partial charge >= 0.3 is 0 Å². The van der Waals surface area contributed by atoms with Gasteiger partial charge in [0.1, 0.15) is 6.29 Å². The lowest BCUT2D eigenvalue weighted by Gasteiger charge is -2.33. The second-order valence-corrected chi connectivity index (χ2v) is 6.72. The number of methoxy groups -OCH3 is 1. The summed E-state index contributed by atoms with van der Waals surface area (Å²) in [6.07, 6.45) is 11.6. The topological polar surface area (TPSA) is 35.5 Å². The van der Waals surface area contributed by atoms with Crippen LogP contribution in [0, 0.1) is 0 Å². The average molecular weight is 302 g/mol. The van der Waals surface area contributed by atoms with Crippen LogP contribution in [0.3, 0.4) is 0 Å². The zero-order valence-corrected chi connectivity index (χ0v) is 13.5. The van der Waals surface area contributed by atoms with Crippen LogP contribution in [0.2, 0.25) is 0 Å². The first kappa shape index (κ1) is 15.4. The highest BCUT2D eigenvalue weighted by atomic mass is 16.5. The molecule has 1 aromatic carbocycles. The summed E-state index contributed by atoms with van der Waals surface area (Å²) in [4.78, 5) is 11.8. The Morgan fingerprint density at radius 2 is 1.77 bits per heavy atom. The van der Waals surface area contributed by atoms with Crippen molar-refractivity contribution in [3.8, 4) is 11.5 Å². The Hall–Kier alpha value is -1.51. The molecule has 2 aliphatic carbocycles. The maximum absolute atomic E-state index is 11.8. The quantitative estimate of drug-likeness (QED) is 0.755. The molecule has 3 rings (SSSR count). The number of carbonyl (C=O) groups excluding carboxylic acids is 1. The maximum Gasteiger partial charge on any atom is 0.161 e. The summed E-state index contributed by atoms with van der Waals surface area (Å²) in [5.41, 5.74) is 0.772. The molecule has 2 saturated carbocycles. The van der Waals surface area contributed by atoms with Crippen LogP contribution in [0.25, 0.3) is 0 Å². The van der Waals surface area contributed by atoms with Gasteiger partial charge in [-0.15, -0.1) is 0 Å².